The van der Waals surface area contributed by atoms with E-state index in [0.717, 1.165) is 48.7 Å². The van der Waals surface area contributed by atoms with Crippen molar-refractivity contribution in [1.82, 2.24) is 0 Å². The number of hydrogen-bond donors (Lipinski definition) is 0. The maximum Gasteiger partial charge on any atom is 2.00 e. The van der Waals surface area contributed by atoms with Gasteiger partial charge in [0.05, 0.1) is 0 Å². The topological polar surface area (TPSA) is 80.3 Å². The van der Waals surface area contributed by atoms with Crippen LogP contribution in [0.15, 0.2) is 0 Å². The summed E-state index contributed by atoms with van der Waals surface area (Å²) in [5.41, 5.74) is 0. The van der Waals surface area contributed by atoms with Crippen LogP contribution >= 0.6 is 57.1 Å². The molecule has 0 atom stereocenters. The molecule has 0 heterocycles. The van der Waals surface area contributed by atoms with Crippen LogP contribution in [0.25, 0.3) is 0 Å². The molecular weight excluding hydrogens is 1040 g/mol. The first-order chi connectivity index (χ1) is 34.2. The average molecular weight is 1170 g/mol. The van der Waals surface area contributed by atoms with Gasteiger partial charge in [-0.25, -0.2) is 0 Å². The number of hydrogen-bond acceptors (Lipinski definition) is 8. The molecule has 0 bridgehead atoms. The standard InChI is InChI=1S/2C30H63O2PS2.Zn/c2*1-3-5-7-9-11-13-15-17-19-21-23-25-27-29-34-33(31,32)35-30-28-26-24-22-20-18-16-14-12-10-8-6-4-2;/h2*3-30H2,1-2H3,(H,31,32);/q;;+2/p-2. The van der Waals surface area contributed by atoms with E-state index in [2.05, 4.69) is 27.7 Å². The Morgan fingerprint density at radius 1 is 0.211 bits per heavy atom. The molecule has 0 saturated carbocycles. The van der Waals surface area contributed by atoms with E-state index in [1.165, 1.54) is 354 Å². The molecular formula is C60H124O4P2S4Zn. The summed E-state index contributed by atoms with van der Waals surface area (Å²) in [5.74, 6) is -3.43. The van der Waals surface area contributed by atoms with Gasteiger partial charge in [0.2, 0.25) is 0 Å². The molecule has 0 aromatic heterocycles. The molecule has 0 amide bonds. The van der Waals surface area contributed by atoms with Gasteiger partial charge >= 0.3 is 19.5 Å². The van der Waals surface area contributed by atoms with Crippen LogP contribution in [-0.2, 0) is 28.6 Å². The normalized spacial score (nSPS) is 11.8. The van der Waals surface area contributed by atoms with Gasteiger partial charge in [-0.15, -0.1) is 45.5 Å². The molecule has 424 valence electrons. The zero-order chi connectivity index (χ0) is 51.4. The van der Waals surface area contributed by atoms with Gasteiger partial charge in [-0.1, -0.05) is 336 Å². The average Bonchev–Trinajstić information content (AvgIpc) is 3.34. The van der Waals surface area contributed by atoms with E-state index in [0.29, 0.717) is 0 Å². The Kier molecular flexibility index (Phi) is 72.9. The van der Waals surface area contributed by atoms with Crippen molar-refractivity contribution in [3.8, 4) is 0 Å². The summed E-state index contributed by atoms with van der Waals surface area (Å²) in [4.78, 5) is 24.4. The molecule has 0 unspecified atom stereocenters. The predicted octanol–water partition coefficient (Wildman–Crippen LogP) is 24.2. The molecule has 0 fully saturated rings. The van der Waals surface area contributed by atoms with Gasteiger partial charge in [-0.3, -0.25) is 0 Å². The smallest absolute Gasteiger partial charge is 0.784 e. The van der Waals surface area contributed by atoms with Gasteiger partial charge in [0.1, 0.15) is 11.5 Å². The summed E-state index contributed by atoms with van der Waals surface area (Å²) >= 11 is 4.84. The van der Waals surface area contributed by atoms with E-state index < -0.39 is 11.5 Å². The molecule has 0 aromatic carbocycles. The van der Waals surface area contributed by atoms with Crippen LogP contribution in [0.4, 0.5) is 0 Å². The number of rotatable bonds is 60. The third kappa shape index (κ3) is 72.4. The SMILES string of the molecule is CCCCCCCCCCCCCCCSP(=O)([O-])SCCCCCCCCCCCCCCC.CCCCCCCCCCCCCCCSP(=O)([O-])SCCCCCCCCCCCCCCC.[Zn+2]. The summed E-state index contributed by atoms with van der Waals surface area (Å²) < 4.78 is 24.4. The molecule has 0 aliphatic rings. The first-order valence-electron chi connectivity index (χ1n) is 31.4. The second-order valence-electron chi connectivity index (χ2n) is 21.2. The van der Waals surface area contributed by atoms with Gasteiger partial charge in [-0.2, -0.15) is 0 Å². The molecule has 0 saturated heterocycles. The van der Waals surface area contributed by atoms with Gasteiger partial charge < -0.3 is 18.9 Å². The van der Waals surface area contributed by atoms with Gasteiger partial charge in [0.25, 0.3) is 0 Å². The van der Waals surface area contributed by atoms with Crippen molar-refractivity contribution in [2.45, 2.75) is 362 Å². The summed E-state index contributed by atoms with van der Waals surface area (Å²) in [7, 11) is 0. The van der Waals surface area contributed by atoms with Gasteiger partial charge in [-0.05, 0) is 25.7 Å². The zero-order valence-electron chi connectivity index (χ0n) is 48.5. The second kappa shape index (κ2) is 66.7. The van der Waals surface area contributed by atoms with Crippen LogP contribution in [-0.4, -0.2) is 23.0 Å². The van der Waals surface area contributed by atoms with Crippen molar-refractivity contribution in [3.05, 3.63) is 0 Å². The van der Waals surface area contributed by atoms with Crippen molar-refractivity contribution in [1.29, 1.82) is 0 Å². The molecule has 4 nitrogen and oxygen atoms in total. The summed E-state index contributed by atoms with van der Waals surface area (Å²) in [6.45, 7) is 9.11. The molecule has 0 radical (unpaired) electrons. The fourth-order valence-corrected chi connectivity index (χ4v) is 20.3. The minimum Gasteiger partial charge on any atom is -0.784 e. The second-order valence-corrected chi connectivity index (χ2v) is 35.9. The predicted molar refractivity (Wildman–Crippen MR) is 328 cm³/mol. The van der Waals surface area contributed by atoms with Crippen LogP contribution in [0.2, 0.25) is 0 Å². The Hall–Kier alpha value is 2.40. The van der Waals surface area contributed by atoms with Gasteiger partial charge in [0, 0.05) is 23.0 Å². The molecule has 11 heteroatoms. The summed E-state index contributed by atoms with van der Waals surface area (Å²) in [6, 6.07) is 0. The van der Waals surface area contributed by atoms with Crippen molar-refractivity contribution in [2.24, 2.45) is 0 Å². The molecule has 71 heavy (non-hydrogen) atoms. The molecule has 0 aromatic rings. The number of unbranched alkanes of at least 4 members (excludes halogenated alkanes) is 48. The van der Waals surface area contributed by atoms with Crippen LogP contribution in [0.1, 0.15) is 362 Å². The minimum atomic E-state index is -3.28. The summed E-state index contributed by atoms with van der Waals surface area (Å²) in [5, 5.41) is 0. The maximum atomic E-state index is 12.2. The van der Waals surface area contributed by atoms with Crippen molar-refractivity contribution in [3.63, 3.8) is 0 Å². The van der Waals surface area contributed by atoms with E-state index in [-0.39, 0.29) is 19.5 Å². The van der Waals surface area contributed by atoms with E-state index >= 15 is 0 Å². The first-order valence-corrected chi connectivity index (χ1v) is 41.1. The van der Waals surface area contributed by atoms with E-state index in [1.54, 1.807) is 0 Å². The quantitative estimate of drug-likeness (QED) is 0.0339. The molecule has 0 N–H and O–H groups in total. The van der Waals surface area contributed by atoms with Gasteiger partial charge in [0.15, 0.2) is 0 Å². The molecule has 0 aliphatic carbocycles. The third-order valence-corrected chi connectivity index (χ3v) is 26.9. The molecule has 0 rings (SSSR count). The Morgan fingerprint density at radius 3 is 0.423 bits per heavy atom. The van der Waals surface area contributed by atoms with Crippen LogP contribution in [0.5, 0.6) is 0 Å². The fourth-order valence-electron chi connectivity index (χ4n) is 9.26. The first kappa shape index (κ1) is 77.6. The van der Waals surface area contributed by atoms with Crippen LogP contribution in [0, 0.1) is 0 Å². The van der Waals surface area contributed by atoms with E-state index in [9.17, 15) is 18.9 Å². The Labute approximate surface area is 476 Å². The summed E-state index contributed by atoms with van der Waals surface area (Å²) in [6.07, 6.45) is 69.5. The Morgan fingerprint density at radius 2 is 0.310 bits per heavy atom. The van der Waals surface area contributed by atoms with Crippen LogP contribution < -0.4 is 9.79 Å². The minimum absolute atomic E-state index is 0. The van der Waals surface area contributed by atoms with E-state index in [1.807, 2.05) is 0 Å². The monoisotopic (exact) mass is 1160 g/mol. The fraction of sp³-hybridized carbons (Fsp3) is 1.00. The van der Waals surface area contributed by atoms with Crippen molar-refractivity contribution in [2.75, 3.05) is 23.0 Å². The molecule has 0 aliphatic heterocycles. The molecule has 0 spiro atoms. The Balaban J connectivity index is -0.00000128. The van der Waals surface area contributed by atoms with Crippen LogP contribution in [0.3, 0.4) is 0 Å². The zero-order valence-corrected chi connectivity index (χ0v) is 56.5. The maximum absolute atomic E-state index is 12.2. The van der Waals surface area contributed by atoms with Crippen molar-refractivity contribution >= 4 is 57.1 Å². The van der Waals surface area contributed by atoms with E-state index in [4.69, 9.17) is 0 Å². The van der Waals surface area contributed by atoms with Crippen molar-refractivity contribution < 1.29 is 38.4 Å². The largest absolute Gasteiger partial charge is 2.00 e. The third-order valence-electron chi connectivity index (χ3n) is 14.0. The Bertz CT molecular complexity index is 912.